The van der Waals surface area contributed by atoms with Crippen molar-refractivity contribution in [3.8, 4) is 0 Å². The number of furan rings is 1. The highest BCUT2D eigenvalue weighted by molar-refractivity contribution is 5.88. The number of aromatic nitrogens is 2. The minimum Gasteiger partial charge on any atom is -0.452 e. The predicted octanol–water partition coefficient (Wildman–Crippen LogP) is 1.60. The van der Waals surface area contributed by atoms with Crippen LogP contribution in [0.3, 0.4) is 0 Å². The van der Waals surface area contributed by atoms with E-state index in [9.17, 15) is 9.59 Å². The zero-order valence-electron chi connectivity index (χ0n) is 12.8. The number of rotatable bonds is 5. The van der Waals surface area contributed by atoms with Gasteiger partial charge < -0.3 is 14.5 Å². The third-order valence-corrected chi connectivity index (χ3v) is 2.59. The summed E-state index contributed by atoms with van der Waals surface area (Å²) in [6.07, 6.45) is 3.45. The molecule has 0 aliphatic carbocycles. The molecule has 0 atom stereocenters. The van der Waals surface area contributed by atoms with Crippen LogP contribution in [0, 0.1) is 0 Å². The maximum absolute atomic E-state index is 11.8. The summed E-state index contributed by atoms with van der Waals surface area (Å²) in [4.78, 5) is 23.4. The van der Waals surface area contributed by atoms with Crippen LogP contribution in [0.25, 0.3) is 0 Å². The van der Waals surface area contributed by atoms with Gasteiger partial charge in [-0.3, -0.25) is 9.48 Å². The number of hydrogen-bond donors (Lipinski definition) is 1. The van der Waals surface area contributed by atoms with Crippen LogP contribution in [0.4, 0.5) is 0 Å². The van der Waals surface area contributed by atoms with Gasteiger partial charge in [0.15, 0.2) is 6.61 Å². The van der Waals surface area contributed by atoms with E-state index in [1.807, 2.05) is 20.8 Å². The first kappa shape index (κ1) is 15.8. The second kappa shape index (κ2) is 6.46. The van der Waals surface area contributed by atoms with E-state index >= 15 is 0 Å². The molecule has 1 N–H and O–H groups in total. The van der Waals surface area contributed by atoms with Crippen molar-refractivity contribution in [3.05, 3.63) is 42.1 Å². The van der Waals surface area contributed by atoms with Crippen molar-refractivity contribution in [3.63, 3.8) is 0 Å². The number of nitrogens with one attached hydrogen (secondary N) is 1. The molecule has 0 aliphatic rings. The molecule has 0 saturated carbocycles. The molecule has 0 aromatic carbocycles. The first-order chi connectivity index (χ1) is 10.3. The lowest BCUT2D eigenvalue weighted by atomic mass is 10.1. The molecule has 0 spiro atoms. The van der Waals surface area contributed by atoms with E-state index in [0.29, 0.717) is 12.3 Å². The van der Waals surface area contributed by atoms with Gasteiger partial charge in [-0.15, -0.1) is 0 Å². The van der Waals surface area contributed by atoms with Crippen LogP contribution in [0.15, 0.2) is 35.0 Å². The monoisotopic (exact) mass is 305 g/mol. The van der Waals surface area contributed by atoms with E-state index in [1.165, 1.54) is 6.07 Å². The van der Waals surface area contributed by atoms with Crippen molar-refractivity contribution in [1.29, 1.82) is 0 Å². The van der Waals surface area contributed by atoms with Gasteiger partial charge in [-0.05, 0) is 39.0 Å². The number of hydrogen-bond acceptors (Lipinski definition) is 5. The summed E-state index contributed by atoms with van der Waals surface area (Å²) in [6, 6.07) is 4.99. The van der Waals surface area contributed by atoms with Gasteiger partial charge in [-0.1, -0.05) is 0 Å². The molecule has 0 saturated heterocycles. The first-order valence-electron chi connectivity index (χ1n) is 6.88. The van der Waals surface area contributed by atoms with Crippen molar-refractivity contribution < 1.29 is 18.7 Å². The highest BCUT2D eigenvalue weighted by Crippen LogP contribution is 2.10. The molecule has 2 aromatic rings. The molecule has 0 fully saturated rings. The van der Waals surface area contributed by atoms with Gasteiger partial charge in [0.05, 0.1) is 6.54 Å². The molecule has 0 bridgehead atoms. The topological polar surface area (TPSA) is 86.4 Å². The lowest BCUT2D eigenvalue weighted by Crippen LogP contribution is -2.42. The van der Waals surface area contributed by atoms with Crippen LogP contribution in [-0.2, 0) is 16.1 Å². The second-order valence-corrected chi connectivity index (χ2v) is 5.84. The number of carbonyl (C=O) groups is 2. The molecule has 2 aromatic heterocycles. The standard InChI is InChI=1S/C15H19N3O4/c1-15(2,3)17-13(19)10-21-14(20)12-6-5-11(22-12)9-18-8-4-7-16-18/h4-8H,9-10H2,1-3H3,(H,17,19). The highest BCUT2D eigenvalue weighted by Gasteiger charge is 2.17. The van der Waals surface area contributed by atoms with Crippen molar-refractivity contribution in [1.82, 2.24) is 15.1 Å². The summed E-state index contributed by atoms with van der Waals surface area (Å²) in [5.41, 5.74) is -0.370. The minimum atomic E-state index is -0.671. The van der Waals surface area contributed by atoms with Crippen LogP contribution in [0.2, 0.25) is 0 Å². The van der Waals surface area contributed by atoms with Gasteiger partial charge in [-0.25, -0.2) is 4.79 Å². The Hall–Kier alpha value is -2.57. The molecule has 2 heterocycles. The van der Waals surface area contributed by atoms with Crippen LogP contribution in [-0.4, -0.2) is 33.8 Å². The summed E-state index contributed by atoms with van der Waals surface area (Å²) in [5.74, 6) is -0.388. The largest absolute Gasteiger partial charge is 0.452 e. The summed E-state index contributed by atoms with van der Waals surface area (Å²) >= 11 is 0. The van der Waals surface area contributed by atoms with E-state index in [0.717, 1.165) is 0 Å². The Morgan fingerprint density at radius 1 is 1.36 bits per heavy atom. The quantitative estimate of drug-likeness (QED) is 0.848. The van der Waals surface area contributed by atoms with E-state index in [2.05, 4.69) is 10.4 Å². The molecule has 7 heteroatoms. The Labute approximate surface area is 128 Å². The fourth-order valence-corrected chi connectivity index (χ4v) is 1.78. The average Bonchev–Trinajstić information content (AvgIpc) is 3.06. The molecule has 0 aliphatic heterocycles. The minimum absolute atomic E-state index is 0.0608. The molecule has 118 valence electrons. The Kier molecular flexibility index (Phi) is 4.65. The summed E-state index contributed by atoms with van der Waals surface area (Å²) in [7, 11) is 0. The van der Waals surface area contributed by atoms with Crippen LogP contribution < -0.4 is 5.32 Å². The number of carbonyl (C=O) groups excluding carboxylic acids is 2. The van der Waals surface area contributed by atoms with E-state index in [-0.39, 0.29) is 23.8 Å². The fourth-order valence-electron chi connectivity index (χ4n) is 1.78. The fraction of sp³-hybridized carbons (Fsp3) is 0.400. The Morgan fingerprint density at radius 3 is 2.77 bits per heavy atom. The Morgan fingerprint density at radius 2 is 2.14 bits per heavy atom. The second-order valence-electron chi connectivity index (χ2n) is 5.84. The maximum atomic E-state index is 11.8. The van der Waals surface area contributed by atoms with E-state index in [4.69, 9.17) is 9.15 Å². The third-order valence-electron chi connectivity index (χ3n) is 2.59. The molecule has 0 radical (unpaired) electrons. The normalized spacial score (nSPS) is 11.2. The zero-order valence-corrected chi connectivity index (χ0v) is 12.8. The van der Waals surface area contributed by atoms with Gasteiger partial charge >= 0.3 is 5.97 Å². The van der Waals surface area contributed by atoms with Crippen molar-refractivity contribution in [2.24, 2.45) is 0 Å². The predicted molar refractivity (Wildman–Crippen MR) is 78.2 cm³/mol. The zero-order chi connectivity index (χ0) is 16.2. The molecule has 2 rings (SSSR count). The van der Waals surface area contributed by atoms with Crippen LogP contribution in [0.5, 0.6) is 0 Å². The van der Waals surface area contributed by atoms with Crippen LogP contribution >= 0.6 is 0 Å². The van der Waals surface area contributed by atoms with Crippen molar-refractivity contribution >= 4 is 11.9 Å². The lowest BCUT2D eigenvalue weighted by molar-refractivity contribution is -0.125. The maximum Gasteiger partial charge on any atom is 0.374 e. The molecule has 0 unspecified atom stereocenters. The van der Waals surface area contributed by atoms with E-state index in [1.54, 1.807) is 29.2 Å². The van der Waals surface area contributed by atoms with Crippen molar-refractivity contribution in [2.75, 3.05) is 6.61 Å². The SMILES string of the molecule is CC(C)(C)NC(=O)COC(=O)c1ccc(Cn2cccn2)o1. The van der Waals surface area contributed by atoms with Gasteiger partial charge in [0, 0.05) is 17.9 Å². The molecule has 1 amide bonds. The summed E-state index contributed by atoms with van der Waals surface area (Å²) in [6.45, 7) is 5.62. The smallest absolute Gasteiger partial charge is 0.374 e. The van der Waals surface area contributed by atoms with Gasteiger partial charge in [0.2, 0.25) is 5.76 Å². The Balaban J connectivity index is 1.85. The lowest BCUT2D eigenvalue weighted by Gasteiger charge is -2.20. The molecule has 7 nitrogen and oxygen atoms in total. The van der Waals surface area contributed by atoms with E-state index < -0.39 is 5.97 Å². The summed E-state index contributed by atoms with van der Waals surface area (Å²) < 4.78 is 12.0. The first-order valence-corrected chi connectivity index (χ1v) is 6.88. The van der Waals surface area contributed by atoms with Crippen LogP contribution in [0.1, 0.15) is 37.1 Å². The van der Waals surface area contributed by atoms with Crippen molar-refractivity contribution in [2.45, 2.75) is 32.9 Å². The van der Waals surface area contributed by atoms with Gasteiger partial charge in [0.1, 0.15) is 5.76 Å². The Bertz CT molecular complexity index is 638. The highest BCUT2D eigenvalue weighted by atomic mass is 16.5. The molecule has 22 heavy (non-hydrogen) atoms. The number of ether oxygens (including phenoxy) is 1. The van der Waals surface area contributed by atoms with Gasteiger partial charge in [-0.2, -0.15) is 5.10 Å². The van der Waals surface area contributed by atoms with Gasteiger partial charge in [0.25, 0.3) is 5.91 Å². The summed E-state index contributed by atoms with van der Waals surface area (Å²) in [5, 5.41) is 6.75. The molecular formula is C15H19N3O4. The average molecular weight is 305 g/mol. The molecular weight excluding hydrogens is 286 g/mol. The number of amides is 1. The number of nitrogens with zero attached hydrogens (tertiary/aromatic N) is 2. The third kappa shape index (κ3) is 4.76. The number of esters is 1.